The number of ether oxygens (including phenoxy) is 1. The third kappa shape index (κ3) is 8.50. The van der Waals surface area contributed by atoms with Gasteiger partial charge in [0.2, 0.25) is 0 Å². The normalized spacial score (nSPS) is 29.8. The van der Waals surface area contributed by atoms with Crippen molar-refractivity contribution >= 4 is 8.32 Å². The molecule has 0 aliphatic heterocycles. The van der Waals surface area contributed by atoms with Crippen LogP contribution in [0.15, 0.2) is 0 Å². The molecule has 4 heteroatoms. The Morgan fingerprint density at radius 2 is 1.48 bits per heavy atom. The molecule has 2 N–H and O–H groups in total. The average Bonchev–Trinajstić information content (AvgIpc) is 2.71. The Balaban J connectivity index is 0.00000480. The Labute approximate surface area is 194 Å². The topological polar surface area (TPSA) is 50.0 Å². The van der Waals surface area contributed by atoms with Gasteiger partial charge in [-0.2, -0.15) is 0 Å². The Morgan fingerprint density at radius 3 is 2.00 bits per heavy atom. The molecule has 0 heterocycles. The summed E-state index contributed by atoms with van der Waals surface area (Å²) in [5, 5.41) is 0.283. The Hall–Kier alpha value is -0.343. The summed E-state index contributed by atoms with van der Waals surface area (Å²) in [5.41, 5.74) is -0.295. The first-order chi connectivity index (χ1) is 14.1. The number of unbranched alkanes of at least 4 members (excludes halogenated alkanes) is 1. The molecule has 0 aromatic heterocycles. The maximum Gasteiger partial charge on any atom is 0.191 e. The highest BCUT2D eigenvalue weighted by atomic mass is 28.4. The molecule has 0 saturated heterocycles. The standard InChI is InChI=1S/C27H50O2Si.H2O/c1-8-12-23-13-15-24(16-14-23)25-17-19-27(9-2,20-18-25)28-21-10-11-22-29-30(6,7)26(3,4)5;/h2,23-25H,8,10-22H2,1,3-7H3;1H2. The molecule has 182 valence electrons. The van der Waals surface area contributed by atoms with Crippen LogP contribution in [0.2, 0.25) is 18.1 Å². The van der Waals surface area contributed by atoms with Crippen LogP contribution in [-0.2, 0) is 9.16 Å². The Bertz CT molecular complexity index is 530. The molecule has 2 fully saturated rings. The van der Waals surface area contributed by atoms with Crippen LogP contribution in [-0.4, -0.2) is 32.6 Å². The summed E-state index contributed by atoms with van der Waals surface area (Å²) in [6, 6.07) is 0. The summed E-state index contributed by atoms with van der Waals surface area (Å²) in [6.07, 6.45) is 21.3. The van der Waals surface area contributed by atoms with Gasteiger partial charge in [0.15, 0.2) is 8.32 Å². The van der Waals surface area contributed by atoms with Crippen molar-refractivity contribution in [2.45, 2.75) is 128 Å². The minimum Gasteiger partial charge on any atom is -0.417 e. The van der Waals surface area contributed by atoms with E-state index in [9.17, 15) is 0 Å². The van der Waals surface area contributed by atoms with Crippen molar-refractivity contribution < 1.29 is 14.6 Å². The van der Waals surface area contributed by atoms with E-state index in [0.29, 0.717) is 0 Å². The van der Waals surface area contributed by atoms with Gasteiger partial charge in [0.1, 0.15) is 5.60 Å². The quantitative estimate of drug-likeness (QED) is 0.201. The average molecular weight is 453 g/mol. The molecule has 2 saturated carbocycles. The lowest BCUT2D eigenvalue weighted by Crippen LogP contribution is -2.41. The molecular weight excluding hydrogens is 400 g/mol. The zero-order valence-electron chi connectivity index (χ0n) is 21.5. The minimum atomic E-state index is -1.63. The molecule has 0 aromatic rings. The van der Waals surface area contributed by atoms with Crippen molar-refractivity contribution in [2.24, 2.45) is 17.8 Å². The summed E-state index contributed by atoms with van der Waals surface area (Å²) in [5.74, 6) is 5.89. The third-order valence-corrected chi connectivity index (χ3v) is 13.1. The molecule has 0 aromatic carbocycles. The van der Waals surface area contributed by atoms with Crippen LogP contribution in [0.4, 0.5) is 0 Å². The fourth-order valence-corrected chi connectivity index (χ4v) is 6.37. The first kappa shape index (κ1) is 28.7. The summed E-state index contributed by atoms with van der Waals surface area (Å²) in [6.45, 7) is 15.5. The van der Waals surface area contributed by atoms with Gasteiger partial charge in [0.25, 0.3) is 0 Å². The van der Waals surface area contributed by atoms with E-state index >= 15 is 0 Å². The van der Waals surface area contributed by atoms with Gasteiger partial charge in [0, 0.05) is 13.2 Å². The van der Waals surface area contributed by atoms with Crippen molar-refractivity contribution in [3.05, 3.63) is 0 Å². The highest BCUT2D eigenvalue weighted by Gasteiger charge is 2.38. The predicted molar refractivity (Wildman–Crippen MR) is 136 cm³/mol. The molecule has 2 aliphatic rings. The van der Waals surface area contributed by atoms with Crippen molar-refractivity contribution in [3.8, 4) is 12.3 Å². The SMILES string of the molecule is C#CC1(OCCCCO[Si](C)(C)C(C)(C)C)CCC(C2CCC(CCC)CC2)CC1.O. The number of hydrogen-bond acceptors (Lipinski definition) is 2. The lowest BCUT2D eigenvalue weighted by Gasteiger charge is -2.41. The van der Waals surface area contributed by atoms with Gasteiger partial charge in [-0.3, -0.25) is 0 Å². The molecule has 0 bridgehead atoms. The smallest absolute Gasteiger partial charge is 0.191 e. The van der Waals surface area contributed by atoms with Crippen LogP contribution < -0.4 is 0 Å². The summed E-state index contributed by atoms with van der Waals surface area (Å²) < 4.78 is 12.6. The molecular formula is C27H52O3Si. The number of hydrogen-bond donors (Lipinski definition) is 0. The first-order valence-electron chi connectivity index (χ1n) is 12.9. The van der Waals surface area contributed by atoms with Crippen LogP contribution in [0.5, 0.6) is 0 Å². The van der Waals surface area contributed by atoms with Gasteiger partial charge in [-0.05, 0) is 87.3 Å². The molecule has 0 atom stereocenters. The summed E-state index contributed by atoms with van der Waals surface area (Å²) in [4.78, 5) is 0. The molecule has 0 radical (unpaired) electrons. The predicted octanol–water partition coefficient (Wildman–Crippen LogP) is 7.15. The van der Waals surface area contributed by atoms with E-state index in [1.165, 1.54) is 51.4 Å². The highest BCUT2D eigenvalue weighted by molar-refractivity contribution is 6.74. The van der Waals surface area contributed by atoms with Crippen LogP contribution in [0, 0.1) is 30.1 Å². The van der Waals surface area contributed by atoms with Crippen LogP contribution in [0.1, 0.15) is 105 Å². The fraction of sp³-hybridized carbons (Fsp3) is 0.926. The molecule has 0 spiro atoms. The van der Waals surface area contributed by atoms with Gasteiger partial charge in [-0.15, -0.1) is 6.42 Å². The van der Waals surface area contributed by atoms with E-state index in [2.05, 4.69) is 46.7 Å². The van der Waals surface area contributed by atoms with Gasteiger partial charge < -0.3 is 14.6 Å². The summed E-state index contributed by atoms with van der Waals surface area (Å²) >= 11 is 0. The van der Waals surface area contributed by atoms with E-state index in [-0.39, 0.29) is 16.1 Å². The zero-order valence-corrected chi connectivity index (χ0v) is 22.5. The molecule has 0 amide bonds. The second-order valence-electron chi connectivity index (χ2n) is 11.7. The molecule has 2 rings (SSSR count). The van der Waals surface area contributed by atoms with Gasteiger partial charge >= 0.3 is 0 Å². The van der Waals surface area contributed by atoms with Crippen molar-refractivity contribution in [1.29, 1.82) is 0 Å². The summed E-state index contributed by atoms with van der Waals surface area (Å²) in [7, 11) is -1.63. The second-order valence-corrected chi connectivity index (χ2v) is 16.5. The number of terminal acetylenes is 1. The Kier molecular flexibility index (Phi) is 11.8. The van der Waals surface area contributed by atoms with E-state index in [0.717, 1.165) is 56.7 Å². The zero-order chi connectivity index (χ0) is 22.3. The third-order valence-electron chi connectivity index (χ3n) is 8.54. The van der Waals surface area contributed by atoms with Gasteiger partial charge in [-0.1, -0.05) is 59.3 Å². The monoisotopic (exact) mass is 452 g/mol. The van der Waals surface area contributed by atoms with Crippen LogP contribution >= 0.6 is 0 Å². The Morgan fingerprint density at radius 1 is 0.935 bits per heavy atom. The van der Waals surface area contributed by atoms with Crippen molar-refractivity contribution in [2.75, 3.05) is 13.2 Å². The maximum absolute atomic E-state index is 6.32. The van der Waals surface area contributed by atoms with Crippen molar-refractivity contribution in [3.63, 3.8) is 0 Å². The molecule has 2 aliphatic carbocycles. The van der Waals surface area contributed by atoms with Gasteiger partial charge in [-0.25, -0.2) is 0 Å². The minimum absolute atomic E-state index is 0. The van der Waals surface area contributed by atoms with Crippen molar-refractivity contribution in [1.82, 2.24) is 0 Å². The van der Waals surface area contributed by atoms with Gasteiger partial charge in [0.05, 0.1) is 0 Å². The highest BCUT2D eigenvalue weighted by Crippen LogP contribution is 2.44. The lowest BCUT2D eigenvalue weighted by molar-refractivity contribution is -0.0446. The fourth-order valence-electron chi connectivity index (χ4n) is 5.28. The van der Waals surface area contributed by atoms with E-state index in [1.807, 2.05) is 0 Å². The molecule has 3 nitrogen and oxygen atoms in total. The largest absolute Gasteiger partial charge is 0.417 e. The van der Waals surface area contributed by atoms with E-state index in [4.69, 9.17) is 15.6 Å². The van der Waals surface area contributed by atoms with Crippen LogP contribution in [0.3, 0.4) is 0 Å². The second kappa shape index (κ2) is 12.8. The molecule has 0 unspecified atom stereocenters. The lowest BCUT2D eigenvalue weighted by atomic mass is 9.68. The number of rotatable bonds is 10. The molecule has 31 heavy (non-hydrogen) atoms. The van der Waals surface area contributed by atoms with Crippen LogP contribution in [0.25, 0.3) is 0 Å². The maximum atomic E-state index is 6.32. The van der Waals surface area contributed by atoms with E-state index in [1.54, 1.807) is 0 Å². The first-order valence-corrected chi connectivity index (χ1v) is 15.8. The van der Waals surface area contributed by atoms with E-state index < -0.39 is 8.32 Å².